The van der Waals surface area contributed by atoms with Gasteiger partial charge in [-0.05, 0) is 19.1 Å². The zero-order chi connectivity index (χ0) is 15.8. The Kier molecular flexibility index (Phi) is 6.48. The van der Waals surface area contributed by atoms with Crippen LogP contribution in [0.15, 0.2) is 18.2 Å². The van der Waals surface area contributed by atoms with Crippen LogP contribution in [0.2, 0.25) is 0 Å². The molecular formula is C14H20N2O5. The van der Waals surface area contributed by atoms with Gasteiger partial charge in [-0.15, -0.1) is 0 Å². The third-order valence-corrected chi connectivity index (χ3v) is 2.93. The number of nitrogens with zero attached hydrogens (tertiary/aromatic N) is 1. The molecule has 0 aliphatic heterocycles. The molecule has 0 unspecified atom stereocenters. The number of urea groups is 1. The number of benzene rings is 1. The summed E-state index contributed by atoms with van der Waals surface area (Å²) in [6.07, 6.45) is 0. The number of rotatable bonds is 7. The summed E-state index contributed by atoms with van der Waals surface area (Å²) in [6, 6.07) is 4.01. The number of amides is 2. The van der Waals surface area contributed by atoms with Crippen LogP contribution in [-0.4, -0.2) is 55.9 Å². The summed E-state index contributed by atoms with van der Waals surface area (Å²) in [6.45, 7) is 3.15. The largest absolute Gasteiger partial charge is 0.497 e. The minimum atomic E-state index is -1.12. The normalized spacial score (nSPS) is 10.0. The van der Waals surface area contributed by atoms with Crippen LogP contribution in [0.25, 0.3) is 0 Å². The number of carboxylic acids is 1. The minimum Gasteiger partial charge on any atom is -0.497 e. The van der Waals surface area contributed by atoms with Crippen molar-refractivity contribution >= 4 is 17.7 Å². The van der Waals surface area contributed by atoms with Gasteiger partial charge in [-0.1, -0.05) is 0 Å². The first-order valence-electron chi connectivity index (χ1n) is 6.49. The first-order valence-corrected chi connectivity index (χ1v) is 6.49. The summed E-state index contributed by atoms with van der Waals surface area (Å²) in [7, 11) is 3.02. The third kappa shape index (κ3) is 4.64. The molecule has 0 spiro atoms. The Balaban J connectivity index is 2.93. The van der Waals surface area contributed by atoms with E-state index in [0.717, 1.165) is 0 Å². The molecule has 7 nitrogen and oxygen atoms in total. The van der Waals surface area contributed by atoms with Gasteiger partial charge in [-0.25, -0.2) is 9.59 Å². The van der Waals surface area contributed by atoms with Gasteiger partial charge < -0.3 is 24.8 Å². The zero-order valence-electron chi connectivity index (χ0n) is 12.4. The van der Waals surface area contributed by atoms with Crippen molar-refractivity contribution in [1.29, 1.82) is 0 Å². The van der Waals surface area contributed by atoms with Crippen LogP contribution >= 0.6 is 0 Å². The molecule has 0 bridgehead atoms. The lowest BCUT2D eigenvalue weighted by Gasteiger charge is -2.21. The lowest BCUT2D eigenvalue weighted by atomic mass is 10.1. The number of ether oxygens (including phenoxy) is 2. The maximum absolute atomic E-state index is 12.1. The standard InChI is InChI=1S/C14H20N2O5/c1-4-16(7-8-20-2)14(19)15-12-9-10(21-3)5-6-11(12)13(17)18/h5-6,9H,4,7-8H2,1-3H3,(H,15,19)(H,17,18). The molecule has 116 valence electrons. The van der Waals surface area contributed by atoms with Crippen LogP contribution in [0.5, 0.6) is 5.75 Å². The molecule has 2 amide bonds. The van der Waals surface area contributed by atoms with E-state index in [4.69, 9.17) is 14.6 Å². The molecule has 7 heteroatoms. The lowest BCUT2D eigenvalue weighted by molar-refractivity contribution is 0.0698. The third-order valence-electron chi connectivity index (χ3n) is 2.93. The Hall–Kier alpha value is -2.28. The molecule has 0 atom stereocenters. The molecule has 0 heterocycles. The summed E-state index contributed by atoms with van der Waals surface area (Å²) < 4.78 is 9.98. The number of likely N-dealkylation sites (N-methyl/N-ethyl adjacent to an activating group) is 1. The minimum absolute atomic E-state index is 0.00643. The monoisotopic (exact) mass is 296 g/mol. The summed E-state index contributed by atoms with van der Waals surface area (Å²) >= 11 is 0. The number of methoxy groups -OCH3 is 2. The van der Waals surface area contributed by atoms with Crippen molar-refractivity contribution in [2.45, 2.75) is 6.92 Å². The van der Waals surface area contributed by atoms with E-state index < -0.39 is 5.97 Å². The van der Waals surface area contributed by atoms with E-state index in [9.17, 15) is 9.59 Å². The van der Waals surface area contributed by atoms with Crippen LogP contribution in [0.4, 0.5) is 10.5 Å². The van der Waals surface area contributed by atoms with Crippen molar-refractivity contribution in [2.24, 2.45) is 0 Å². The number of nitrogens with one attached hydrogen (secondary N) is 1. The van der Waals surface area contributed by atoms with Crippen LogP contribution in [0.1, 0.15) is 17.3 Å². The molecule has 1 rings (SSSR count). The molecule has 21 heavy (non-hydrogen) atoms. The van der Waals surface area contributed by atoms with E-state index in [1.54, 1.807) is 7.11 Å². The summed E-state index contributed by atoms with van der Waals surface area (Å²) in [5.41, 5.74) is 0.203. The van der Waals surface area contributed by atoms with E-state index in [0.29, 0.717) is 25.4 Å². The van der Waals surface area contributed by atoms with Crippen LogP contribution < -0.4 is 10.1 Å². The quantitative estimate of drug-likeness (QED) is 0.802. The number of carboxylic acid groups (broad SMARTS) is 1. The molecule has 0 saturated heterocycles. The van der Waals surface area contributed by atoms with Gasteiger partial charge in [0, 0.05) is 26.3 Å². The first-order chi connectivity index (χ1) is 10.0. The van der Waals surface area contributed by atoms with Gasteiger partial charge in [-0.2, -0.15) is 0 Å². The fourth-order valence-electron chi connectivity index (χ4n) is 1.74. The molecule has 0 saturated carbocycles. The Morgan fingerprint density at radius 3 is 2.57 bits per heavy atom. The number of anilines is 1. The Labute approximate surface area is 123 Å². The Morgan fingerprint density at radius 2 is 2.05 bits per heavy atom. The van der Waals surface area contributed by atoms with Crippen molar-refractivity contribution in [2.75, 3.05) is 39.2 Å². The average Bonchev–Trinajstić information content (AvgIpc) is 2.47. The van der Waals surface area contributed by atoms with E-state index in [2.05, 4.69) is 5.32 Å². The predicted molar refractivity (Wildman–Crippen MR) is 78.1 cm³/mol. The summed E-state index contributed by atoms with van der Waals surface area (Å²) in [4.78, 5) is 24.9. The van der Waals surface area contributed by atoms with E-state index >= 15 is 0 Å². The number of aromatic carboxylic acids is 1. The average molecular weight is 296 g/mol. The number of hydrogen-bond acceptors (Lipinski definition) is 4. The summed E-state index contributed by atoms with van der Waals surface area (Å²) in [5, 5.41) is 11.8. The Bertz CT molecular complexity index is 504. The molecular weight excluding hydrogens is 276 g/mol. The molecule has 1 aromatic rings. The van der Waals surface area contributed by atoms with E-state index in [1.807, 2.05) is 6.92 Å². The molecule has 1 aromatic carbocycles. The number of hydrogen-bond donors (Lipinski definition) is 2. The predicted octanol–water partition coefficient (Wildman–Crippen LogP) is 1.89. The smallest absolute Gasteiger partial charge is 0.337 e. The van der Waals surface area contributed by atoms with Crippen LogP contribution in [-0.2, 0) is 4.74 Å². The van der Waals surface area contributed by atoms with Gasteiger partial charge in [0.1, 0.15) is 5.75 Å². The lowest BCUT2D eigenvalue weighted by Crippen LogP contribution is -2.37. The van der Waals surface area contributed by atoms with Crippen LogP contribution in [0.3, 0.4) is 0 Å². The van der Waals surface area contributed by atoms with Gasteiger partial charge in [0.05, 0.1) is 25.0 Å². The molecule has 0 aromatic heterocycles. The topological polar surface area (TPSA) is 88.1 Å². The van der Waals surface area contributed by atoms with Gasteiger partial charge in [0.25, 0.3) is 0 Å². The highest BCUT2D eigenvalue weighted by molar-refractivity contribution is 6.00. The molecule has 2 N–H and O–H groups in total. The fraction of sp³-hybridized carbons (Fsp3) is 0.429. The van der Waals surface area contributed by atoms with Gasteiger partial charge >= 0.3 is 12.0 Å². The van der Waals surface area contributed by atoms with Crippen molar-refractivity contribution in [3.05, 3.63) is 23.8 Å². The van der Waals surface area contributed by atoms with Crippen molar-refractivity contribution < 1.29 is 24.2 Å². The van der Waals surface area contributed by atoms with Gasteiger partial charge in [0.15, 0.2) is 0 Å². The van der Waals surface area contributed by atoms with Gasteiger partial charge in [-0.3, -0.25) is 0 Å². The summed E-state index contributed by atoms with van der Waals surface area (Å²) in [5.74, 6) is -0.650. The SMILES string of the molecule is CCN(CCOC)C(=O)Nc1cc(OC)ccc1C(=O)O. The molecule has 0 aliphatic rings. The first kappa shape index (κ1) is 16.8. The van der Waals surface area contributed by atoms with Gasteiger partial charge in [0.2, 0.25) is 0 Å². The highest BCUT2D eigenvalue weighted by Gasteiger charge is 2.17. The number of carbonyl (C=O) groups excluding carboxylic acids is 1. The maximum atomic E-state index is 12.1. The molecule has 0 radical (unpaired) electrons. The Morgan fingerprint density at radius 1 is 1.33 bits per heavy atom. The van der Waals surface area contributed by atoms with E-state index in [-0.39, 0.29) is 17.3 Å². The van der Waals surface area contributed by atoms with E-state index in [1.165, 1.54) is 30.2 Å². The zero-order valence-corrected chi connectivity index (χ0v) is 12.4. The van der Waals surface area contributed by atoms with Crippen LogP contribution in [0, 0.1) is 0 Å². The fourth-order valence-corrected chi connectivity index (χ4v) is 1.74. The van der Waals surface area contributed by atoms with Crippen molar-refractivity contribution in [3.8, 4) is 5.75 Å². The highest BCUT2D eigenvalue weighted by atomic mass is 16.5. The maximum Gasteiger partial charge on any atom is 0.337 e. The van der Waals surface area contributed by atoms with Crippen molar-refractivity contribution in [1.82, 2.24) is 4.90 Å². The highest BCUT2D eigenvalue weighted by Crippen LogP contribution is 2.23. The molecule has 0 aliphatic carbocycles. The second-order valence-electron chi connectivity index (χ2n) is 4.22. The number of carbonyl (C=O) groups is 2. The second-order valence-corrected chi connectivity index (χ2v) is 4.22. The second kappa shape index (κ2) is 8.11. The van der Waals surface area contributed by atoms with Crippen molar-refractivity contribution in [3.63, 3.8) is 0 Å². The molecule has 0 fully saturated rings.